The molecule has 1 aliphatic rings. The van der Waals surface area contributed by atoms with Crippen molar-refractivity contribution in [3.8, 4) is 5.75 Å². The van der Waals surface area contributed by atoms with E-state index in [1.54, 1.807) is 13.2 Å². The van der Waals surface area contributed by atoms with Crippen LogP contribution >= 0.6 is 0 Å². The van der Waals surface area contributed by atoms with Crippen molar-refractivity contribution in [3.63, 3.8) is 0 Å². The molecule has 0 unspecified atom stereocenters. The number of para-hydroxylation sites is 1. The molecule has 1 atom stereocenters. The predicted molar refractivity (Wildman–Crippen MR) is 97.0 cm³/mol. The maximum absolute atomic E-state index is 12.5. The molecule has 24 heavy (non-hydrogen) atoms. The molecule has 3 heteroatoms. The summed E-state index contributed by atoms with van der Waals surface area (Å²) in [5.74, 6) is 1.28. The van der Waals surface area contributed by atoms with E-state index in [1.807, 2.05) is 41.3 Å². The fourth-order valence-electron chi connectivity index (χ4n) is 3.25. The predicted octanol–water partition coefficient (Wildman–Crippen LogP) is 4.11. The van der Waals surface area contributed by atoms with Gasteiger partial charge < -0.3 is 9.64 Å². The maximum atomic E-state index is 12.5. The molecule has 1 saturated heterocycles. The first-order valence-electron chi connectivity index (χ1n) is 8.43. The topological polar surface area (TPSA) is 29.5 Å². The van der Waals surface area contributed by atoms with E-state index in [0.29, 0.717) is 5.92 Å². The second-order valence-corrected chi connectivity index (χ2v) is 6.11. The largest absolute Gasteiger partial charge is 0.496 e. The third kappa shape index (κ3) is 3.85. The van der Waals surface area contributed by atoms with Crippen LogP contribution in [0.2, 0.25) is 0 Å². The molecule has 2 aromatic carbocycles. The van der Waals surface area contributed by atoms with Gasteiger partial charge in [-0.2, -0.15) is 0 Å². The SMILES string of the molecule is COc1ccccc1/C=C/C(=O)N1CCC[C@H](c2ccccc2)C1. The van der Waals surface area contributed by atoms with Crippen LogP contribution in [0, 0.1) is 0 Å². The van der Waals surface area contributed by atoms with E-state index in [9.17, 15) is 4.79 Å². The Morgan fingerprint density at radius 1 is 1.12 bits per heavy atom. The number of hydrogen-bond donors (Lipinski definition) is 0. The number of ether oxygens (including phenoxy) is 1. The molecule has 3 nitrogen and oxygen atoms in total. The van der Waals surface area contributed by atoms with Gasteiger partial charge in [-0.1, -0.05) is 48.5 Å². The highest BCUT2D eigenvalue weighted by Gasteiger charge is 2.23. The number of methoxy groups -OCH3 is 1. The summed E-state index contributed by atoms with van der Waals surface area (Å²) in [5, 5.41) is 0. The summed E-state index contributed by atoms with van der Waals surface area (Å²) < 4.78 is 5.32. The quantitative estimate of drug-likeness (QED) is 0.793. The summed E-state index contributed by atoms with van der Waals surface area (Å²) in [7, 11) is 1.64. The van der Waals surface area contributed by atoms with Gasteiger partial charge in [-0.25, -0.2) is 0 Å². The lowest BCUT2D eigenvalue weighted by atomic mass is 9.90. The zero-order valence-corrected chi connectivity index (χ0v) is 14.0. The van der Waals surface area contributed by atoms with Crippen LogP contribution in [0.4, 0.5) is 0 Å². The molecule has 1 aliphatic heterocycles. The monoisotopic (exact) mass is 321 g/mol. The highest BCUT2D eigenvalue weighted by molar-refractivity contribution is 5.92. The minimum atomic E-state index is 0.0709. The number of nitrogens with zero attached hydrogens (tertiary/aromatic N) is 1. The molecule has 0 bridgehead atoms. The van der Waals surface area contributed by atoms with Crippen molar-refractivity contribution < 1.29 is 9.53 Å². The fourth-order valence-corrected chi connectivity index (χ4v) is 3.25. The summed E-state index contributed by atoms with van der Waals surface area (Å²) in [6, 6.07) is 18.2. The van der Waals surface area contributed by atoms with Gasteiger partial charge in [0, 0.05) is 30.6 Å². The number of hydrogen-bond acceptors (Lipinski definition) is 2. The Balaban J connectivity index is 1.67. The van der Waals surface area contributed by atoms with E-state index in [1.165, 1.54) is 5.56 Å². The van der Waals surface area contributed by atoms with Crippen LogP contribution in [0.25, 0.3) is 6.08 Å². The molecule has 0 aromatic heterocycles. The van der Waals surface area contributed by atoms with E-state index in [-0.39, 0.29) is 5.91 Å². The van der Waals surface area contributed by atoms with Crippen LogP contribution in [-0.2, 0) is 4.79 Å². The second kappa shape index (κ2) is 7.82. The van der Waals surface area contributed by atoms with Crippen molar-refractivity contribution in [1.82, 2.24) is 4.90 Å². The third-order valence-electron chi connectivity index (χ3n) is 4.55. The van der Waals surface area contributed by atoms with Gasteiger partial charge in [0.05, 0.1) is 7.11 Å². The molecule has 2 aromatic rings. The average molecular weight is 321 g/mol. The highest BCUT2D eigenvalue weighted by Crippen LogP contribution is 2.27. The molecular weight excluding hydrogens is 298 g/mol. The first-order chi connectivity index (χ1) is 11.8. The second-order valence-electron chi connectivity index (χ2n) is 6.11. The minimum Gasteiger partial charge on any atom is -0.496 e. The summed E-state index contributed by atoms with van der Waals surface area (Å²) in [6.45, 7) is 1.62. The van der Waals surface area contributed by atoms with Gasteiger partial charge in [-0.15, -0.1) is 0 Å². The number of piperidine rings is 1. The summed E-state index contributed by atoms with van der Waals surface area (Å²) in [5.41, 5.74) is 2.24. The average Bonchev–Trinajstić information content (AvgIpc) is 2.67. The van der Waals surface area contributed by atoms with Crippen molar-refractivity contribution in [3.05, 3.63) is 71.8 Å². The van der Waals surface area contributed by atoms with E-state index >= 15 is 0 Å². The van der Waals surface area contributed by atoms with Gasteiger partial charge in [-0.3, -0.25) is 4.79 Å². The molecule has 0 saturated carbocycles. The standard InChI is InChI=1S/C21H23NO2/c1-24-20-12-6-5-10-18(20)13-14-21(23)22-15-7-11-19(16-22)17-8-3-2-4-9-17/h2-6,8-10,12-14,19H,7,11,15-16H2,1H3/b14-13+/t19-/m0/s1. The van der Waals surface area contributed by atoms with Crippen LogP contribution in [0.1, 0.15) is 29.9 Å². The number of amides is 1. The van der Waals surface area contributed by atoms with Crippen LogP contribution in [0.5, 0.6) is 5.75 Å². The lowest BCUT2D eigenvalue weighted by molar-refractivity contribution is -0.127. The maximum Gasteiger partial charge on any atom is 0.246 e. The molecule has 0 aliphatic carbocycles. The molecule has 3 rings (SSSR count). The van der Waals surface area contributed by atoms with E-state index < -0.39 is 0 Å². The van der Waals surface area contributed by atoms with Gasteiger partial charge in [0.25, 0.3) is 0 Å². The first-order valence-corrected chi connectivity index (χ1v) is 8.43. The van der Waals surface area contributed by atoms with Crippen LogP contribution < -0.4 is 4.74 Å². The van der Waals surface area contributed by atoms with E-state index in [2.05, 4.69) is 24.3 Å². The van der Waals surface area contributed by atoms with Crippen molar-refractivity contribution in [1.29, 1.82) is 0 Å². The molecule has 124 valence electrons. The number of likely N-dealkylation sites (tertiary alicyclic amines) is 1. The molecule has 1 heterocycles. The number of benzene rings is 2. The molecule has 1 amide bonds. The van der Waals surface area contributed by atoms with Gasteiger partial charge in [-0.05, 0) is 30.5 Å². The molecule has 0 N–H and O–H groups in total. The molecule has 0 radical (unpaired) electrons. The minimum absolute atomic E-state index is 0.0709. The van der Waals surface area contributed by atoms with E-state index in [0.717, 1.165) is 37.2 Å². The fraction of sp³-hybridized carbons (Fsp3) is 0.286. The van der Waals surface area contributed by atoms with Gasteiger partial charge in [0.1, 0.15) is 5.75 Å². The van der Waals surface area contributed by atoms with Gasteiger partial charge in [0.15, 0.2) is 0 Å². The van der Waals surface area contributed by atoms with E-state index in [4.69, 9.17) is 4.74 Å². The lowest BCUT2D eigenvalue weighted by Crippen LogP contribution is -2.38. The Labute approximate surface area is 143 Å². The number of rotatable bonds is 4. The lowest BCUT2D eigenvalue weighted by Gasteiger charge is -2.32. The van der Waals surface area contributed by atoms with Crippen LogP contribution in [0.15, 0.2) is 60.7 Å². The Hall–Kier alpha value is -2.55. The third-order valence-corrected chi connectivity index (χ3v) is 4.55. The Morgan fingerprint density at radius 3 is 2.67 bits per heavy atom. The molecule has 1 fully saturated rings. The first kappa shape index (κ1) is 16.3. The van der Waals surface area contributed by atoms with Crippen LogP contribution in [-0.4, -0.2) is 31.0 Å². The highest BCUT2D eigenvalue weighted by atomic mass is 16.5. The summed E-state index contributed by atoms with van der Waals surface area (Å²) >= 11 is 0. The summed E-state index contributed by atoms with van der Waals surface area (Å²) in [4.78, 5) is 14.5. The van der Waals surface area contributed by atoms with Crippen LogP contribution in [0.3, 0.4) is 0 Å². The Morgan fingerprint density at radius 2 is 1.88 bits per heavy atom. The van der Waals surface area contributed by atoms with Crippen molar-refractivity contribution in [2.75, 3.05) is 20.2 Å². The van der Waals surface area contributed by atoms with Crippen molar-refractivity contribution >= 4 is 12.0 Å². The van der Waals surface area contributed by atoms with Gasteiger partial charge >= 0.3 is 0 Å². The molecule has 0 spiro atoms. The Bertz CT molecular complexity index is 709. The normalized spacial score (nSPS) is 17.9. The van der Waals surface area contributed by atoms with Crippen molar-refractivity contribution in [2.24, 2.45) is 0 Å². The summed E-state index contributed by atoms with van der Waals surface area (Å²) in [6.07, 6.45) is 5.69. The zero-order valence-electron chi connectivity index (χ0n) is 14.0. The Kier molecular flexibility index (Phi) is 5.32. The zero-order chi connectivity index (χ0) is 16.8. The smallest absolute Gasteiger partial charge is 0.246 e. The number of carbonyl (C=O) groups excluding carboxylic acids is 1. The molecular formula is C21H23NO2. The number of carbonyl (C=O) groups is 1. The van der Waals surface area contributed by atoms with Gasteiger partial charge in [0.2, 0.25) is 5.91 Å². The van der Waals surface area contributed by atoms with Crippen molar-refractivity contribution in [2.45, 2.75) is 18.8 Å².